The first-order valence-corrected chi connectivity index (χ1v) is 9.13. The molecule has 1 unspecified atom stereocenters. The van der Waals surface area contributed by atoms with Gasteiger partial charge >= 0.3 is 0 Å². The normalized spacial score (nSPS) is 18.6. The van der Waals surface area contributed by atoms with Crippen LogP contribution in [0.5, 0.6) is 0 Å². The van der Waals surface area contributed by atoms with Crippen LogP contribution < -0.4 is 0 Å². The van der Waals surface area contributed by atoms with Crippen molar-refractivity contribution in [1.82, 2.24) is 4.90 Å². The Morgan fingerprint density at radius 2 is 1.71 bits per heavy atom. The molecule has 0 bridgehead atoms. The number of carbonyl (C=O) groups excluding carboxylic acids is 2. The molecule has 2 N–H and O–H groups in total. The third kappa shape index (κ3) is 3.98. The second-order valence-electron chi connectivity index (χ2n) is 6.61. The van der Waals surface area contributed by atoms with Gasteiger partial charge in [0.15, 0.2) is 0 Å². The van der Waals surface area contributed by atoms with E-state index in [0.29, 0.717) is 5.56 Å². The lowest BCUT2D eigenvalue weighted by Crippen LogP contribution is -2.33. The Kier molecular flexibility index (Phi) is 6.23. The molecule has 0 saturated carbocycles. The van der Waals surface area contributed by atoms with Crippen LogP contribution in [0.1, 0.15) is 22.7 Å². The lowest BCUT2D eigenvalue weighted by atomic mass is 9.95. The molecule has 6 heteroatoms. The summed E-state index contributed by atoms with van der Waals surface area (Å²) in [6.45, 7) is 2.33. The number of likely N-dealkylation sites (tertiary alicyclic amines) is 1. The van der Waals surface area contributed by atoms with Crippen molar-refractivity contribution >= 4 is 17.4 Å². The smallest absolute Gasteiger partial charge is 0.295 e. The van der Waals surface area contributed by atoms with Gasteiger partial charge in [0.1, 0.15) is 5.76 Å². The quantitative estimate of drug-likeness (QED) is 0.333. The number of aliphatic hydroxyl groups excluding tert-OH is 2. The van der Waals surface area contributed by atoms with Crippen molar-refractivity contribution in [2.75, 3.05) is 26.4 Å². The molecular weight excluding hydrogens is 358 g/mol. The third-order valence-electron chi connectivity index (χ3n) is 4.69. The first kappa shape index (κ1) is 19.8. The van der Waals surface area contributed by atoms with Crippen LogP contribution >= 0.6 is 0 Å². The van der Waals surface area contributed by atoms with Gasteiger partial charge in [-0.05, 0) is 12.5 Å². The van der Waals surface area contributed by atoms with Crippen molar-refractivity contribution < 1.29 is 24.5 Å². The number of benzene rings is 2. The van der Waals surface area contributed by atoms with Crippen LogP contribution in [-0.4, -0.2) is 53.2 Å². The zero-order valence-electron chi connectivity index (χ0n) is 15.7. The molecular formula is C22H23NO5. The monoisotopic (exact) mass is 381 g/mol. The van der Waals surface area contributed by atoms with E-state index >= 15 is 0 Å². The van der Waals surface area contributed by atoms with Crippen LogP contribution in [0.2, 0.25) is 0 Å². The number of nitrogens with zero attached hydrogens (tertiary/aromatic N) is 1. The molecule has 1 saturated heterocycles. The average molecular weight is 381 g/mol. The predicted octanol–water partition coefficient (Wildman–Crippen LogP) is 2.43. The summed E-state index contributed by atoms with van der Waals surface area (Å²) in [7, 11) is 0. The number of carbonyl (C=O) groups is 2. The summed E-state index contributed by atoms with van der Waals surface area (Å²) in [4.78, 5) is 26.9. The molecule has 0 aliphatic carbocycles. The molecule has 1 fully saturated rings. The summed E-state index contributed by atoms with van der Waals surface area (Å²) >= 11 is 0. The van der Waals surface area contributed by atoms with Crippen LogP contribution in [0.3, 0.4) is 0 Å². The second kappa shape index (κ2) is 8.82. The van der Waals surface area contributed by atoms with Gasteiger partial charge in [-0.2, -0.15) is 0 Å². The Hall–Kier alpha value is -2.96. The number of ketones is 1. The minimum atomic E-state index is -0.714. The van der Waals surface area contributed by atoms with E-state index in [9.17, 15) is 14.7 Å². The number of hydrogen-bond acceptors (Lipinski definition) is 5. The molecule has 1 heterocycles. The molecule has 1 aliphatic rings. The summed E-state index contributed by atoms with van der Waals surface area (Å²) in [6.07, 6.45) is 0. The summed E-state index contributed by atoms with van der Waals surface area (Å²) in [5, 5.41) is 19.7. The maximum atomic E-state index is 12.8. The fraction of sp³-hybridized carbons (Fsp3) is 0.273. The zero-order valence-corrected chi connectivity index (χ0v) is 15.7. The van der Waals surface area contributed by atoms with Gasteiger partial charge in [0.2, 0.25) is 0 Å². The van der Waals surface area contributed by atoms with Gasteiger partial charge in [-0.3, -0.25) is 9.59 Å². The van der Waals surface area contributed by atoms with E-state index in [4.69, 9.17) is 9.84 Å². The highest BCUT2D eigenvalue weighted by molar-refractivity contribution is 6.46. The van der Waals surface area contributed by atoms with Gasteiger partial charge in [-0.15, -0.1) is 0 Å². The van der Waals surface area contributed by atoms with Crippen LogP contribution in [0.25, 0.3) is 5.76 Å². The third-order valence-corrected chi connectivity index (χ3v) is 4.69. The summed E-state index contributed by atoms with van der Waals surface area (Å²) in [5.41, 5.74) is 2.32. The van der Waals surface area contributed by atoms with Crippen molar-refractivity contribution in [3.05, 3.63) is 76.9 Å². The standard InChI is InChI=1S/C22H23NO5/c1-15-7-9-17(10-8-15)20(25)18-19(16-5-3-2-4-6-16)23(22(27)21(18)26)11-13-28-14-12-24/h2-10,19,24-25H,11-14H2,1H3/b20-18+. The Labute approximate surface area is 163 Å². The Morgan fingerprint density at radius 3 is 2.36 bits per heavy atom. The number of hydrogen-bond donors (Lipinski definition) is 2. The SMILES string of the molecule is Cc1ccc(/C(O)=C2\C(=O)C(=O)N(CCOCCO)C2c2ccccc2)cc1. The number of ether oxygens (including phenoxy) is 1. The number of aliphatic hydroxyl groups is 2. The molecule has 6 nitrogen and oxygen atoms in total. The van der Waals surface area contributed by atoms with Crippen molar-refractivity contribution in [2.24, 2.45) is 0 Å². The van der Waals surface area contributed by atoms with Crippen LogP contribution in [-0.2, 0) is 14.3 Å². The maximum Gasteiger partial charge on any atom is 0.295 e. The van der Waals surface area contributed by atoms with E-state index in [-0.39, 0.29) is 37.7 Å². The van der Waals surface area contributed by atoms with Gasteiger partial charge in [-0.1, -0.05) is 60.2 Å². The van der Waals surface area contributed by atoms with Crippen molar-refractivity contribution in [3.8, 4) is 0 Å². The van der Waals surface area contributed by atoms with Crippen LogP contribution in [0.4, 0.5) is 0 Å². The van der Waals surface area contributed by atoms with Gasteiger partial charge < -0.3 is 19.8 Å². The Bertz CT molecular complexity index is 874. The fourth-order valence-corrected chi connectivity index (χ4v) is 3.29. The minimum absolute atomic E-state index is 0.0715. The molecule has 28 heavy (non-hydrogen) atoms. The average Bonchev–Trinajstić information content (AvgIpc) is 2.97. The Morgan fingerprint density at radius 1 is 1.04 bits per heavy atom. The summed E-state index contributed by atoms with van der Waals surface area (Å²) < 4.78 is 5.27. The fourth-order valence-electron chi connectivity index (χ4n) is 3.29. The minimum Gasteiger partial charge on any atom is -0.507 e. The number of Topliss-reactive ketones (excluding diaryl/α,β-unsaturated/α-hetero) is 1. The van der Waals surface area contributed by atoms with Crippen molar-refractivity contribution in [2.45, 2.75) is 13.0 Å². The molecule has 1 amide bonds. The summed E-state index contributed by atoms with van der Waals surface area (Å²) in [5.74, 6) is -1.57. The number of aryl methyl sites for hydroxylation is 1. The van der Waals surface area contributed by atoms with E-state index in [1.807, 2.05) is 49.4 Å². The molecule has 146 valence electrons. The molecule has 3 rings (SSSR count). The lowest BCUT2D eigenvalue weighted by Gasteiger charge is -2.25. The van der Waals surface area contributed by atoms with Crippen molar-refractivity contribution in [3.63, 3.8) is 0 Å². The van der Waals surface area contributed by atoms with Gasteiger partial charge in [-0.25, -0.2) is 0 Å². The molecule has 0 spiro atoms. The molecule has 2 aromatic rings. The van der Waals surface area contributed by atoms with E-state index in [2.05, 4.69) is 0 Å². The van der Waals surface area contributed by atoms with E-state index in [1.54, 1.807) is 12.1 Å². The molecule has 1 aliphatic heterocycles. The molecule has 1 atom stereocenters. The van der Waals surface area contributed by atoms with Gasteiger partial charge in [0, 0.05) is 12.1 Å². The maximum absolute atomic E-state index is 12.8. The summed E-state index contributed by atoms with van der Waals surface area (Å²) in [6, 6.07) is 15.6. The van der Waals surface area contributed by atoms with Crippen molar-refractivity contribution in [1.29, 1.82) is 0 Å². The van der Waals surface area contributed by atoms with Crippen LogP contribution in [0, 0.1) is 6.92 Å². The highest BCUT2D eigenvalue weighted by Crippen LogP contribution is 2.39. The number of amides is 1. The van der Waals surface area contributed by atoms with Gasteiger partial charge in [0.25, 0.3) is 11.7 Å². The first-order valence-electron chi connectivity index (χ1n) is 9.13. The van der Waals surface area contributed by atoms with E-state index in [0.717, 1.165) is 11.1 Å². The van der Waals surface area contributed by atoms with Crippen LogP contribution in [0.15, 0.2) is 60.2 Å². The largest absolute Gasteiger partial charge is 0.507 e. The van der Waals surface area contributed by atoms with E-state index < -0.39 is 17.7 Å². The molecule has 0 radical (unpaired) electrons. The lowest BCUT2D eigenvalue weighted by molar-refractivity contribution is -0.140. The van der Waals surface area contributed by atoms with E-state index in [1.165, 1.54) is 4.90 Å². The zero-order chi connectivity index (χ0) is 20.1. The number of rotatable bonds is 7. The second-order valence-corrected chi connectivity index (χ2v) is 6.61. The highest BCUT2D eigenvalue weighted by atomic mass is 16.5. The molecule has 0 aromatic heterocycles. The van der Waals surface area contributed by atoms with Gasteiger partial charge in [0.05, 0.1) is 31.4 Å². The highest BCUT2D eigenvalue weighted by Gasteiger charge is 2.45. The molecule has 2 aromatic carbocycles. The topological polar surface area (TPSA) is 87.1 Å². The predicted molar refractivity (Wildman–Crippen MR) is 105 cm³/mol. The first-order chi connectivity index (χ1) is 13.5. The Balaban J connectivity index is 2.03.